The molecule has 2 aromatic rings. The summed E-state index contributed by atoms with van der Waals surface area (Å²) in [4.78, 5) is 32.4. The van der Waals surface area contributed by atoms with Crippen molar-refractivity contribution in [3.05, 3.63) is 49.8 Å². The fourth-order valence-corrected chi connectivity index (χ4v) is 3.77. The highest BCUT2D eigenvalue weighted by Gasteiger charge is 2.19. The van der Waals surface area contributed by atoms with Gasteiger partial charge in [-0.05, 0) is 38.4 Å². The Morgan fingerprint density at radius 1 is 1.48 bits per heavy atom. The van der Waals surface area contributed by atoms with Crippen LogP contribution in [0.5, 0.6) is 0 Å². The number of carbonyl (C=O) groups excluding carboxylic acids is 1. The molecular weight excluding hydrogens is 312 g/mol. The first kappa shape index (κ1) is 15.9. The number of nitrogens with zero attached hydrogens (tertiary/aromatic N) is 1. The molecule has 0 aromatic carbocycles. The molecule has 1 aliphatic heterocycles. The molecule has 3 rings (SSSR count). The van der Waals surface area contributed by atoms with E-state index in [-0.39, 0.29) is 11.5 Å². The maximum atomic E-state index is 12.2. The highest BCUT2D eigenvalue weighted by molar-refractivity contribution is 7.14. The van der Waals surface area contributed by atoms with Crippen molar-refractivity contribution in [2.75, 3.05) is 13.1 Å². The number of H-pyrrole nitrogens is 1. The lowest BCUT2D eigenvalue weighted by Crippen LogP contribution is -2.26. The van der Waals surface area contributed by atoms with E-state index in [9.17, 15) is 9.59 Å². The van der Waals surface area contributed by atoms with E-state index >= 15 is 0 Å². The van der Waals surface area contributed by atoms with E-state index in [1.165, 1.54) is 17.4 Å². The third-order valence-corrected chi connectivity index (χ3v) is 5.02. The van der Waals surface area contributed by atoms with Gasteiger partial charge in [0.1, 0.15) is 5.82 Å². The zero-order valence-electron chi connectivity index (χ0n) is 13.0. The highest BCUT2D eigenvalue weighted by Crippen LogP contribution is 2.29. The zero-order valence-corrected chi connectivity index (χ0v) is 13.8. The van der Waals surface area contributed by atoms with Gasteiger partial charge in [0.25, 0.3) is 11.5 Å². The lowest BCUT2D eigenvalue weighted by atomic mass is 10.2. The zero-order chi connectivity index (χ0) is 16.2. The molecule has 0 radical (unpaired) electrons. The summed E-state index contributed by atoms with van der Waals surface area (Å²) in [5.74, 6) is 0.520. The van der Waals surface area contributed by atoms with Crippen molar-refractivity contribution >= 4 is 17.2 Å². The minimum atomic E-state index is -0.161. The predicted molar refractivity (Wildman–Crippen MR) is 89.9 cm³/mol. The molecule has 1 amide bonds. The molecule has 0 bridgehead atoms. The van der Waals surface area contributed by atoms with Gasteiger partial charge in [-0.1, -0.05) is 0 Å². The largest absolute Gasteiger partial charge is 0.351 e. The average Bonchev–Trinajstić information content (AvgIpc) is 3.17. The molecule has 23 heavy (non-hydrogen) atoms. The Morgan fingerprint density at radius 3 is 3.09 bits per heavy atom. The fraction of sp³-hybridized carbons (Fsp3) is 0.438. The van der Waals surface area contributed by atoms with Crippen LogP contribution in [0.3, 0.4) is 0 Å². The van der Waals surface area contributed by atoms with E-state index in [0.717, 1.165) is 17.8 Å². The van der Waals surface area contributed by atoms with Crippen LogP contribution in [0.15, 0.2) is 23.0 Å². The summed E-state index contributed by atoms with van der Waals surface area (Å²) in [5, 5.41) is 6.32. The normalized spacial score (nSPS) is 17.3. The molecule has 0 spiro atoms. The van der Waals surface area contributed by atoms with Gasteiger partial charge in [0.15, 0.2) is 0 Å². The van der Waals surface area contributed by atoms with Crippen LogP contribution in [-0.4, -0.2) is 29.0 Å². The SMILES string of the molecule is Cc1cc(=O)[nH]c(CCNC(=O)c2ccc([C@H]3CCCN3)s2)n1. The molecule has 122 valence electrons. The molecule has 0 aliphatic carbocycles. The Balaban J connectivity index is 1.54. The maximum absolute atomic E-state index is 12.2. The van der Waals surface area contributed by atoms with E-state index in [2.05, 4.69) is 20.6 Å². The molecule has 0 unspecified atom stereocenters. The molecule has 1 aliphatic rings. The third kappa shape index (κ3) is 4.05. The van der Waals surface area contributed by atoms with Crippen molar-refractivity contribution in [2.45, 2.75) is 32.2 Å². The molecule has 7 heteroatoms. The van der Waals surface area contributed by atoms with Crippen LogP contribution < -0.4 is 16.2 Å². The van der Waals surface area contributed by atoms with Gasteiger partial charge in [-0.3, -0.25) is 9.59 Å². The van der Waals surface area contributed by atoms with Crippen molar-refractivity contribution in [3.63, 3.8) is 0 Å². The number of hydrogen-bond acceptors (Lipinski definition) is 5. The van der Waals surface area contributed by atoms with Crippen LogP contribution in [-0.2, 0) is 6.42 Å². The number of nitrogens with one attached hydrogen (secondary N) is 3. The van der Waals surface area contributed by atoms with Crippen LogP contribution in [0.25, 0.3) is 0 Å². The van der Waals surface area contributed by atoms with E-state index in [0.29, 0.717) is 30.5 Å². The molecule has 1 atom stereocenters. The number of carbonyl (C=O) groups is 1. The Kier molecular flexibility index (Phi) is 4.88. The lowest BCUT2D eigenvalue weighted by molar-refractivity contribution is 0.0958. The van der Waals surface area contributed by atoms with Gasteiger partial charge in [-0.25, -0.2) is 4.98 Å². The molecule has 1 fully saturated rings. The summed E-state index contributed by atoms with van der Waals surface area (Å²) in [6.07, 6.45) is 2.82. The Hall–Kier alpha value is -1.99. The van der Waals surface area contributed by atoms with Crippen LogP contribution >= 0.6 is 11.3 Å². The minimum Gasteiger partial charge on any atom is -0.351 e. The number of amides is 1. The predicted octanol–water partition coefficient (Wildman–Crippen LogP) is 1.54. The van der Waals surface area contributed by atoms with Crippen molar-refractivity contribution in [3.8, 4) is 0 Å². The van der Waals surface area contributed by atoms with Gasteiger partial charge in [-0.15, -0.1) is 11.3 Å². The van der Waals surface area contributed by atoms with Gasteiger partial charge in [0, 0.05) is 35.6 Å². The number of aromatic nitrogens is 2. The topological polar surface area (TPSA) is 86.9 Å². The van der Waals surface area contributed by atoms with Crippen molar-refractivity contribution in [2.24, 2.45) is 0 Å². The smallest absolute Gasteiger partial charge is 0.261 e. The van der Waals surface area contributed by atoms with Gasteiger partial charge in [0.05, 0.1) is 4.88 Å². The summed E-state index contributed by atoms with van der Waals surface area (Å²) in [7, 11) is 0. The molecule has 1 saturated heterocycles. The van der Waals surface area contributed by atoms with Crippen LogP contribution in [0.2, 0.25) is 0 Å². The second-order valence-corrected chi connectivity index (χ2v) is 6.81. The van der Waals surface area contributed by atoms with Gasteiger partial charge < -0.3 is 15.6 Å². The summed E-state index contributed by atoms with van der Waals surface area (Å²) in [6, 6.07) is 5.75. The fourth-order valence-electron chi connectivity index (χ4n) is 2.73. The molecule has 0 saturated carbocycles. The van der Waals surface area contributed by atoms with Crippen molar-refractivity contribution in [1.29, 1.82) is 0 Å². The van der Waals surface area contributed by atoms with Gasteiger partial charge in [-0.2, -0.15) is 0 Å². The molecule has 3 N–H and O–H groups in total. The average molecular weight is 332 g/mol. The minimum absolute atomic E-state index is 0.0748. The van der Waals surface area contributed by atoms with Crippen LogP contribution in [0, 0.1) is 6.92 Å². The van der Waals surface area contributed by atoms with E-state index in [4.69, 9.17) is 0 Å². The lowest BCUT2D eigenvalue weighted by Gasteiger charge is -2.06. The van der Waals surface area contributed by atoms with Crippen molar-refractivity contribution < 1.29 is 4.79 Å². The quantitative estimate of drug-likeness (QED) is 0.775. The van der Waals surface area contributed by atoms with Crippen molar-refractivity contribution in [1.82, 2.24) is 20.6 Å². The number of rotatable bonds is 5. The van der Waals surface area contributed by atoms with Crippen LogP contribution in [0.4, 0.5) is 0 Å². The molecule has 2 aromatic heterocycles. The maximum Gasteiger partial charge on any atom is 0.261 e. The number of aryl methyl sites for hydroxylation is 1. The summed E-state index contributed by atoms with van der Waals surface area (Å²) in [5.41, 5.74) is 0.521. The Labute approximate surface area is 138 Å². The highest BCUT2D eigenvalue weighted by atomic mass is 32.1. The standard InChI is InChI=1S/C16H20N4O2S/c1-10-9-15(21)20-14(19-10)6-8-18-16(22)13-5-4-12(23-13)11-3-2-7-17-11/h4-5,9,11,17H,2-3,6-8H2,1H3,(H,18,22)(H,19,20,21)/t11-/m1/s1. The third-order valence-electron chi connectivity index (χ3n) is 3.82. The van der Waals surface area contributed by atoms with Crippen LogP contribution in [0.1, 0.15) is 45.0 Å². The number of thiophene rings is 1. The molecule has 6 nitrogen and oxygen atoms in total. The summed E-state index contributed by atoms with van der Waals surface area (Å²) in [6.45, 7) is 3.27. The second-order valence-electron chi connectivity index (χ2n) is 5.69. The monoisotopic (exact) mass is 332 g/mol. The molecule has 3 heterocycles. The van der Waals surface area contributed by atoms with E-state index in [1.54, 1.807) is 18.3 Å². The first-order valence-corrected chi connectivity index (χ1v) is 8.61. The second kappa shape index (κ2) is 7.06. The Bertz CT molecular complexity index is 747. The van der Waals surface area contributed by atoms with Gasteiger partial charge >= 0.3 is 0 Å². The first-order valence-electron chi connectivity index (χ1n) is 7.80. The first-order chi connectivity index (χ1) is 11.1. The summed E-state index contributed by atoms with van der Waals surface area (Å²) >= 11 is 1.54. The number of hydrogen-bond donors (Lipinski definition) is 3. The summed E-state index contributed by atoms with van der Waals surface area (Å²) < 4.78 is 0. The van der Waals surface area contributed by atoms with Gasteiger partial charge in [0.2, 0.25) is 0 Å². The number of aromatic amines is 1. The Morgan fingerprint density at radius 2 is 2.35 bits per heavy atom. The van der Waals surface area contributed by atoms with E-state index in [1.807, 2.05) is 12.1 Å². The van der Waals surface area contributed by atoms with E-state index < -0.39 is 0 Å². The molecular formula is C16H20N4O2S.